The van der Waals surface area contributed by atoms with Crippen LogP contribution in [0.15, 0.2) is 0 Å². The molecule has 0 atom stereocenters. The molecule has 0 rings (SSSR count). The second-order valence-electron chi connectivity index (χ2n) is 9.77. The highest BCUT2D eigenvalue weighted by Gasteiger charge is 2.35. The van der Waals surface area contributed by atoms with E-state index in [2.05, 4.69) is 20.8 Å². The van der Waals surface area contributed by atoms with Gasteiger partial charge in [-0.3, -0.25) is 4.18 Å². The van der Waals surface area contributed by atoms with Gasteiger partial charge in [-0.05, 0) is 38.5 Å². The monoisotopic (exact) mass is 495 g/mol. The third kappa shape index (κ3) is 20.9. The Kier molecular flexibility index (Phi) is 22.0. The van der Waals surface area contributed by atoms with Gasteiger partial charge in [0.15, 0.2) is 0 Å². The van der Waals surface area contributed by atoms with Gasteiger partial charge in [0.05, 0.1) is 31.3 Å². The fourth-order valence-corrected chi connectivity index (χ4v) is 9.60. The average Bonchev–Trinajstić information content (AvgIpc) is 2.74. The molecule has 0 fully saturated rings. The molecule has 0 aromatic heterocycles. The van der Waals surface area contributed by atoms with Gasteiger partial charge in [-0.15, -0.1) is 0 Å². The van der Waals surface area contributed by atoms with Gasteiger partial charge in [-0.2, -0.15) is 0 Å². The normalized spacial score (nSPS) is 12.5. The largest absolute Gasteiger partial charge is 1.00 e. The smallest absolute Gasteiger partial charge is 0.726 e. The van der Waals surface area contributed by atoms with E-state index in [9.17, 15) is 13.0 Å². The lowest BCUT2D eigenvalue weighted by molar-refractivity contribution is 0.276. The summed E-state index contributed by atoms with van der Waals surface area (Å²) in [6.45, 7) is 6.85. The molecule has 0 aliphatic carbocycles. The molecule has 194 valence electrons. The minimum atomic E-state index is -4.59. The molecular formula is C26H56O4PS+. The van der Waals surface area contributed by atoms with Crippen molar-refractivity contribution in [3.8, 4) is 0 Å². The van der Waals surface area contributed by atoms with E-state index in [4.69, 9.17) is 4.18 Å². The second-order valence-corrected chi connectivity index (χ2v) is 15.3. The highest BCUT2D eigenvalue weighted by molar-refractivity contribution is 7.80. The molecule has 0 aromatic rings. The van der Waals surface area contributed by atoms with Crippen LogP contribution in [0.4, 0.5) is 0 Å². The third-order valence-corrected chi connectivity index (χ3v) is 12.1. The molecule has 0 amide bonds. The van der Waals surface area contributed by atoms with Crippen molar-refractivity contribution in [2.24, 2.45) is 0 Å². The predicted molar refractivity (Wildman–Crippen MR) is 143 cm³/mol. The Morgan fingerprint density at radius 3 is 1.19 bits per heavy atom. The van der Waals surface area contributed by atoms with E-state index in [1.165, 1.54) is 134 Å². The molecule has 0 saturated carbocycles. The van der Waals surface area contributed by atoms with E-state index in [1.54, 1.807) is 0 Å². The van der Waals surface area contributed by atoms with Gasteiger partial charge in [0.25, 0.3) is 0 Å². The van der Waals surface area contributed by atoms with Gasteiger partial charge < -0.3 is 4.55 Å². The molecule has 0 aromatic carbocycles. The minimum absolute atomic E-state index is 0. The van der Waals surface area contributed by atoms with Crippen LogP contribution >= 0.6 is 7.26 Å². The summed E-state index contributed by atoms with van der Waals surface area (Å²) in [5.74, 6) is 0. The fourth-order valence-electron chi connectivity index (χ4n) is 4.69. The molecule has 0 saturated heterocycles. The zero-order valence-corrected chi connectivity index (χ0v) is 23.5. The van der Waals surface area contributed by atoms with E-state index < -0.39 is 17.7 Å². The van der Waals surface area contributed by atoms with E-state index in [0.29, 0.717) is 0 Å². The van der Waals surface area contributed by atoms with Crippen molar-refractivity contribution in [2.75, 3.05) is 31.3 Å². The average molecular weight is 496 g/mol. The Morgan fingerprint density at radius 1 is 0.562 bits per heavy atom. The molecule has 0 heterocycles. The Labute approximate surface area is 203 Å². The van der Waals surface area contributed by atoms with Crippen LogP contribution in [0.2, 0.25) is 0 Å². The number of hydrogen-bond donors (Lipinski definition) is 0. The number of hydrogen-bond acceptors (Lipinski definition) is 4. The summed E-state index contributed by atoms with van der Waals surface area (Å²) in [4.78, 5) is 0. The van der Waals surface area contributed by atoms with Crippen molar-refractivity contribution in [3.05, 3.63) is 0 Å². The topological polar surface area (TPSA) is 66.4 Å². The zero-order chi connectivity index (χ0) is 24.0. The third-order valence-electron chi connectivity index (χ3n) is 6.75. The first-order valence-electron chi connectivity index (χ1n) is 13.8. The van der Waals surface area contributed by atoms with Crippen molar-refractivity contribution < 1.29 is 18.6 Å². The van der Waals surface area contributed by atoms with Gasteiger partial charge in [0, 0.05) is 7.26 Å². The van der Waals surface area contributed by atoms with Crippen molar-refractivity contribution in [1.29, 1.82) is 0 Å². The summed E-state index contributed by atoms with van der Waals surface area (Å²) in [7, 11) is -5.86. The van der Waals surface area contributed by atoms with E-state index in [1.807, 2.05) is 0 Å². The summed E-state index contributed by atoms with van der Waals surface area (Å²) in [6.07, 6.45) is 27.9. The van der Waals surface area contributed by atoms with E-state index in [0.717, 1.165) is 6.16 Å². The Balaban J connectivity index is 0. The molecule has 0 bridgehead atoms. The minimum Gasteiger partial charge on any atom is -0.726 e. The number of rotatable bonds is 25. The molecule has 0 spiro atoms. The lowest BCUT2D eigenvalue weighted by Crippen LogP contribution is -2.18. The second kappa shape index (κ2) is 21.8. The van der Waals surface area contributed by atoms with Gasteiger partial charge >= 0.3 is 1.43 Å². The molecule has 0 N–H and O–H groups in total. The Hall–Kier alpha value is 0.300. The summed E-state index contributed by atoms with van der Waals surface area (Å²) in [5.41, 5.74) is 0. The van der Waals surface area contributed by atoms with Crippen LogP contribution in [-0.4, -0.2) is 44.2 Å². The van der Waals surface area contributed by atoms with Gasteiger partial charge in [-0.1, -0.05) is 97.8 Å². The van der Waals surface area contributed by atoms with Crippen LogP contribution in [0.1, 0.15) is 138 Å². The summed E-state index contributed by atoms with van der Waals surface area (Å²) in [5, 5.41) is 0. The van der Waals surface area contributed by atoms with Crippen molar-refractivity contribution in [3.63, 3.8) is 0 Å². The molecule has 0 radical (unpaired) electrons. The molecule has 0 aliphatic rings. The molecule has 4 nitrogen and oxygen atoms in total. The van der Waals surface area contributed by atoms with Gasteiger partial charge in [0.1, 0.15) is 0 Å². The highest BCUT2D eigenvalue weighted by Crippen LogP contribution is 2.60. The first-order valence-corrected chi connectivity index (χ1v) is 17.7. The summed E-state index contributed by atoms with van der Waals surface area (Å²) >= 11 is 0. The van der Waals surface area contributed by atoms with Gasteiger partial charge in [0.2, 0.25) is 10.4 Å². The van der Waals surface area contributed by atoms with Crippen molar-refractivity contribution in [2.45, 2.75) is 136 Å². The van der Waals surface area contributed by atoms with Crippen LogP contribution < -0.4 is 0 Å². The fraction of sp³-hybridized carbons (Fsp3) is 1.00. The van der Waals surface area contributed by atoms with Crippen LogP contribution in [-0.2, 0) is 14.6 Å². The van der Waals surface area contributed by atoms with Crippen molar-refractivity contribution in [1.82, 2.24) is 0 Å². The van der Waals surface area contributed by atoms with Crippen LogP contribution in [0, 0.1) is 0 Å². The van der Waals surface area contributed by atoms with E-state index in [-0.39, 0.29) is 8.03 Å². The first-order chi connectivity index (χ1) is 15.4. The maximum Gasteiger partial charge on any atom is 1.00 e. The lowest BCUT2D eigenvalue weighted by Gasteiger charge is -2.28. The standard InChI is InChI=1S/C26H55O4PS/c1-4-7-10-13-16-19-23-31(26-22-30-32(27,28)29,24-20-17-14-11-8-5-2)25-21-18-15-12-9-6-3/h4-26H2,1-3H3/p+1. The predicted octanol–water partition coefficient (Wildman–Crippen LogP) is 8.67. The molecule has 32 heavy (non-hydrogen) atoms. The van der Waals surface area contributed by atoms with Crippen LogP contribution in [0.3, 0.4) is 0 Å². The quantitative estimate of drug-likeness (QED) is 0.0550. The van der Waals surface area contributed by atoms with E-state index >= 15 is 0 Å². The lowest BCUT2D eigenvalue weighted by atomic mass is 10.1. The molecule has 0 aliphatic heterocycles. The van der Waals surface area contributed by atoms with Crippen LogP contribution in [0.5, 0.6) is 0 Å². The molecule has 6 heteroatoms. The maximum atomic E-state index is 11.0. The Bertz CT molecular complexity index is 462. The summed E-state index contributed by atoms with van der Waals surface area (Å²) in [6, 6.07) is 0. The molecular weight excluding hydrogens is 439 g/mol. The highest BCUT2D eigenvalue weighted by atomic mass is 32.3. The van der Waals surface area contributed by atoms with Crippen LogP contribution in [0.25, 0.3) is 0 Å². The summed E-state index contributed by atoms with van der Waals surface area (Å²) < 4.78 is 37.8. The Morgan fingerprint density at radius 2 is 0.875 bits per heavy atom. The number of unbranched alkanes of at least 4 members (excludes halogenated alkanes) is 15. The maximum absolute atomic E-state index is 11.0. The molecule has 0 unspecified atom stereocenters. The zero-order valence-electron chi connectivity index (χ0n) is 22.8. The SMILES string of the molecule is CCCCCCCC[P+](CCCCCCCC)(CCCCCCCC)CCOS(=O)(=O)[O-].[H+]. The first kappa shape index (κ1) is 32.3. The van der Waals surface area contributed by atoms with Crippen molar-refractivity contribution >= 4 is 17.7 Å². The van der Waals surface area contributed by atoms with Gasteiger partial charge in [-0.25, -0.2) is 8.42 Å².